The molecule has 0 aliphatic heterocycles. The Morgan fingerprint density at radius 3 is 3.11 bits per heavy atom. The minimum atomic E-state index is 0.173. The van der Waals surface area contributed by atoms with Gasteiger partial charge in [-0.05, 0) is 6.42 Å². The highest BCUT2D eigenvalue weighted by Gasteiger charge is 2.09. The van der Waals surface area contributed by atoms with Crippen molar-refractivity contribution in [1.29, 1.82) is 0 Å². The van der Waals surface area contributed by atoms with Crippen LogP contribution in [0.2, 0.25) is 0 Å². The molecule has 0 fully saturated rings. The molecule has 1 unspecified atom stereocenters. The van der Waals surface area contributed by atoms with Crippen LogP contribution >= 0.6 is 11.3 Å². The van der Waals surface area contributed by atoms with Crippen LogP contribution in [-0.4, -0.2) is 25.0 Å². The lowest BCUT2D eigenvalue weighted by atomic mass is 10.1. The maximum atomic E-state index is 6.00. The second-order valence-electron chi connectivity index (χ2n) is 4.67. The lowest BCUT2D eigenvalue weighted by molar-refractivity contribution is 0.595. The number of imidazole rings is 2. The van der Waals surface area contributed by atoms with E-state index in [4.69, 9.17) is 5.73 Å². The first kappa shape index (κ1) is 12.4. The van der Waals surface area contributed by atoms with Gasteiger partial charge < -0.3 is 10.3 Å². The van der Waals surface area contributed by atoms with E-state index in [0.717, 1.165) is 35.9 Å². The molecule has 6 heteroatoms. The first-order valence-electron chi connectivity index (χ1n) is 6.43. The third kappa shape index (κ3) is 2.54. The average Bonchev–Trinajstić information content (AvgIpc) is 3.06. The summed E-state index contributed by atoms with van der Waals surface area (Å²) >= 11 is 1.65. The molecule has 3 heterocycles. The molecule has 2 N–H and O–H groups in total. The van der Waals surface area contributed by atoms with Crippen molar-refractivity contribution in [3.8, 4) is 0 Å². The Balaban J connectivity index is 1.79. The normalized spacial score (nSPS) is 13.2. The van der Waals surface area contributed by atoms with Gasteiger partial charge in [-0.15, -0.1) is 11.3 Å². The highest BCUT2D eigenvalue weighted by atomic mass is 32.1. The lowest BCUT2D eigenvalue weighted by Gasteiger charge is -2.10. The number of hydrogen-bond donors (Lipinski definition) is 1. The molecule has 0 aliphatic rings. The van der Waals surface area contributed by atoms with Crippen LogP contribution < -0.4 is 5.73 Å². The van der Waals surface area contributed by atoms with Crippen LogP contribution in [0.25, 0.3) is 4.96 Å². The Kier molecular flexibility index (Phi) is 3.35. The smallest absolute Gasteiger partial charge is 0.193 e. The third-order valence-corrected chi connectivity index (χ3v) is 4.02. The average molecular weight is 275 g/mol. The first-order chi connectivity index (χ1) is 9.26. The number of nitrogens with zero attached hydrogens (tertiary/aromatic N) is 4. The van der Waals surface area contributed by atoms with Crippen LogP contribution in [0.15, 0.2) is 30.2 Å². The van der Waals surface area contributed by atoms with E-state index >= 15 is 0 Å². The van der Waals surface area contributed by atoms with Crippen LogP contribution in [0.3, 0.4) is 0 Å². The molecular weight excluding hydrogens is 258 g/mol. The second-order valence-corrected chi connectivity index (χ2v) is 5.54. The summed E-state index contributed by atoms with van der Waals surface area (Å²) in [5, 5.41) is 2.04. The largest absolute Gasteiger partial charge is 0.329 e. The predicted molar refractivity (Wildman–Crippen MR) is 76.4 cm³/mol. The van der Waals surface area contributed by atoms with Crippen molar-refractivity contribution in [3.05, 3.63) is 41.7 Å². The molecule has 3 aromatic rings. The summed E-state index contributed by atoms with van der Waals surface area (Å²) in [6.07, 6.45) is 9.69. The summed E-state index contributed by atoms with van der Waals surface area (Å²) in [5.41, 5.74) is 7.05. The number of aromatic nitrogens is 4. The summed E-state index contributed by atoms with van der Waals surface area (Å²) < 4.78 is 4.18. The monoisotopic (exact) mass is 275 g/mol. The molecule has 0 saturated carbocycles. The van der Waals surface area contributed by atoms with Crippen LogP contribution in [0, 0.1) is 0 Å². The molecular formula is C13H17N5S. The Bertz CT molecular complexity index is 637. The zero-order chi connectivity index (χ0) is 13.2. The van der Waals surface area contributed by atoms with Crippen LogP contribution in [-0.2, 0) is 13.0 Å². The van der Waals surface area contributed by atoms with E-state index < -0.39 is 0 Å². The van der Waals surface area contributed by atoms with Gasteiger partial charge in [0.15, 0.2) is 4.96 Å². The van der Waals surface area contributed by atoms with E-state index in [9.17, 15) is 0 Å². The van der Waals surface area contributed by atoms with Gasteiger partial charge in [0.2, 0.25) is 0 Å². The number of fused-ring (bicyclic) bond motifs is 1. The molecule has 0 bridgehead atoms. The van der Waals surface area contributed by atoms with Crippen LogP contribution in [0.4, 0.5) is 0 Å². The molecule has 0 aliphatic carbocycles. The molecule has 0 amide bonds. The van der Waals surface area contributed by atoms with E-state index in [-0.39, 0.29) is 6.04 Å². The van der Waals surface area contributed by atoms with E-state index in [0.29, 0.717) is 0 Å². The fraction of sp³-hybridized carbons (Fsp3) is 0.385. The van der Waals surface area contributed by atoms with Gasteiger partial charge in [0, 0.05) is 42.6 Å². The van der Waals surface area contributed by atoms with Gasteiger partial charge in [-0.25, -0.2) is 9.97 Å². The molecule has 1 atom stereocenters. The molecule has 0 spiro atoms. The Labute approximate surface area is 115 Å². The number of rotatable bonds is 5. The third-order valence-electron chi connectivity index (χ3n) is 3.25. The van der Waals surface area contributed by atoms with E-state index in [1.807, 2.05) is 28.4 Å². The van der Waals surface area contributed by atoms with Gasteiger partial charge in [0.1, 0.15) is 5.82 Å². The number of nitrogens with two attached hydrogens (primary N) is 1. The summed E-state index contributed by atoms with van der Waals surface area (Å²) in [4.78, 5) is 10.0. The summed E-state index contributed by atoms with van der Waals surface area (Å²) in [5.74, 6) is 1.03. The summed E-state index contributed by atoms with van der Waals surface area (Å²) in [6, 6.07) is 0.173. The van der Waals surface area contributed by atoms with Gasteiger partial charge in [0.05, 0.1) is 12.2 Å². The zero-order valence-corrected chi connectivity index (χ0v) is 11.7. The molecule has 19 heavy (non-hydrogen) atoms. The molecule has 3 aromatic heterocycles. The highest BCUT2D eigenvalue weighted by Crippen LogP contribution is 2.13. The second kappa shape index (κ2) is 5.14. The number of hydrogen-bond acceptors (Lipinski definition) is 4. The van der Waals surface area contributed by atoms with Crippen molar-refractivity contribution in [2.75, 3.05) is 0 Å². The molecule has 0 saturated heterocycles. The summed E-state index contributed by atoms with van der Waals surface area (Å²) in [7, 11) is 0. The Morgan fingerprint density at radius 2 is 2.32 bits per heavy atom. The van der Waals surface area contributed by atoms with Crippen molar-refractivity contribution in [1.82, 2.24) is 18.9 Å². The Morgan fingerprint density at radius 1 is 1.42 bits per heavy atom. The first-order valence-corrected chi connectivity index (χ1v) is 7.31. The zero-order valence-electron chi connectivity index (χ0n) is 10.9. The molecule has 0 aromatic carbocycles. The van der Waals surface area contributed by atoms with Gasteiger partial charge in [0.25, 0.3) is 0 Å². The van der Waals surface area contributed by atoms with Gasteiger partial charge >= 0.3 is 0 Å². The van der Waals surface area contributed by atoms with Crippen LogP contribution in [0.1, 0.15) is 24.9 Å². The SMILES string of the molecule is CCC(N)Cc1nccn1Cc1cn2ccsc2n1. The van der Waals surface area contributed by atoms with Crippen molar-refractivity contribution in [2.45, 2.75) is 32.4 Å². The lowest BCUT2D eigenvalue weighted by Crippen LogP contribution is -2.23. The topological polar surface area (TPSA) is 61.1 Å². The molecule has 3 rings (SSSR count). The van der Waals surface area contributed by atoms with Crippen LogP contribution in [0.5, 0.6) is 0 Å². The predicted octanol–water partition coefficient (Wildman–Crippen LogP) is 1.92. The van der Waals surface area contributed by atoms with Gasteiger partial charge in [-0.2, -0.15) is 0 Å². The maximum absolute atomic E-state index is 6.00. The van der Waals surface area contributed by atoms with Gasteiger partial charge in [-0.1, -0.05) is 6.92 Å². The highest BCUT2D eigenvalue weighted by molar-refractivity contribution is 7.15. The standard InChI is InChI=1S/C13H17N5S/c1-2-10(14)7-12-15-3-4-17(12)8-11-9-18-5-6-19-13(18)16-11/h3-6,9-10H,2,7-8,14H2,1H3. The van der Waals surface area contributed by atoms with E-state index in [1.54, 1.807) is 11.3 Å². The van der Waals surface area contributed by atoms with Crippen molar-refractivity contribution >= 4 is 16.3 Å². The van der Waals surface area contributed by atoms with Crippen molar-refractivity contribution in [2.24, 2.45) is 5.73 Å². The minimum Gasteiger partial charge on any atom is -0.329 e. The van der Waals surface area contributed by atoms with E-state index in [2.05, 4.69) is 27.7 Å². The Hall–Kier alpha value is -1.66. The van der Waals surface area contributed by atoms with E-state index in [1.165, 1.54) is 0 Å². The quantitative estimate of drug-likeness (QED) is 0.774. The minimum absolute atomic E-state index is 0.173. The van der Waals surface area contributed by atoms with Crippen molar-refractivity contribution < 1.29 is 0 Å². The van der Waals surface area contributed by atoms with Gasteiger partial charge in [-0.3, -0.25) is 4.40 Å². The molecule has 100 valence electrons. The summed E-state index contributed by atoms with van der Waals surface area (Å²) in [6.45, 7) is 2.85. The van der Waals surface area contributed by atoms with Crippen molar-refractivity contribution in [3.63, 3.8) is 0 Å². The fourth-order valence-electron chi connectivity index (χ4n) is 2.08. The molecule has 5 nitrogen and oxygen atoms in total. The molecule has 0 radical (unpaired) electrons. The maximum Gasteiger partial charge on any atom is 0.193 e. The fourth-order valence-corrected chi connectivity index (χ4v) is 2.80. The number of thiazole rings is 1.